The Morgan fingerprint density at radius 3 is 2.38 bits per heavy atom. The maximum atomic E-state index is 12.9. The van der Waals surface area contributed by atoms with E-state index >= 15 is 0 Å². The zero-order valence-electron chi connectivity index (χ0n) is 9.67. The molecule has 2 aliphatic carbocycles. The van der Waals surface area contributed by atoms with E-state index in [2.05, 4.69) is 12.2 Å². The summed E-state index contributed by atoms with van der Waals surface area (Å²) < 4.78 is 12.9. The first-order chi connectivity index (χ1) is 7.70. The van der Waals surface area contributed by atoms with Crippen molar-refractivity contribution in [2.24, 2.45) is 5.92 Å². The van der Waals surface area contributed by atoms with Crippen LogP contribution in [0.2, 0.25) is 0 Å². The summed E-state index contributed by atoms with van der Waals surface area (Å²) in [5.74, 6) is 0.729. The molecule has 1 atom stereocenters. The molecule has 0 radical (unpaired) electrons. The zero-order chi connectivity index (χ0) is 11.2. The van der Waals surface area contributed by atoms with Gasteiger partial charge in [0.1, 0.15) is 5.82 Å². The van der Waals surface area contributed by atoms with E-state index in [1.54, 1.807) is 12.1 Å². The van der Waals surface area contributed by atoms with Crippen molar-refractivity contribution in [2.45, 2.75) is 44.2 Å². The van der Waals surface area contributed by atoms with Gasteiger partial charge in [0, 0.05) is 11.6 Å². The average molecular weight is 219 g/mol. The van der Waals surface area contributed by atoms with Crippen LogP contribution in [0.1, 0.15) is 38.2 Å². The van der Waals surface area contributed by atoms with E-state index < -0.39 is 0 Å². The molecule has 16 heavy (non-hydrogen) atoms. The summed E-state index contributed by atoms with van der Waals surface area (Å²) in [6, 6.07) is 7.59. The Balaban J connectivity index is 1.74. The Morgan fingerprint density at radius 1 is 1.25 bits per heavy atom. The van der Waals surface area contributed by atoms with Gasteiger partial charge in [0.05, 0.1) is 0 Å². The first-order valence-electron chi connectivity index (χ1n) is 6.23. The minimum atomic E-state index is -0.144. The second kappa shape index (κ2) is 3.56. The van der Waals surface area contributed by atoms with Crippen molar-refractivity contribution in [3.63, 3.8) is 0 Å². The van der Waals surface area contributed by atoms with Crippen molar-refractivity contribution in [1.29, 1.82) is 0 Å². The van der Waals surface area contributed by atoms with Gasteiger partial charge >= 0.3 is 0 Å². The molecule has 0 aliphatic heterocycles. The van der Waals surface area contributed by atoms with Crippen LogP contribution in [0.5, 0.6) is 0 Å². The van der Waals surface area contributed by atoms with E-state index in [-0.39, 0.29) is 11.4 Å². The molecule has 1 unspecified atom stereocenters. The second-order valence-corrected chi connectivity index (χ2v) is 5.36. The van der Waals surface area contributed by atoms with Crippen LogP contribution >= 0.6 is 0 Å². The molecular formula is C14H18FN. The number of halogens is 1. The lowest BCUT2D eigenvalue weighted by Crippen LogP contribution is -2.37. The van der Waals surface area contributed by atoms with Crippen molar-refractivity contribution >= 4 is 0 Å². The number of hydrogen-bond acceptors (Lipinski definition) is 1. The third kappa shape index (κ3) is 1.86. The topological polar surface area (TPSA) is 12.0 Å². The molecule has 0 spiro atoms. The molecule has 3 rings (SSSR count). The fourth-order valence-corrected chi connectivity index (χ4v) is 2.56. The highest BCUT2D eigenvalue weighted by molar-refractivity contribution is 5.30. The first kappa shape index (κ1) is 10.3. The van der Waals surface area contributed by atoms with Crippen LogP contribution < -0.4 is 5.32 Å². The highest BCUT2D eigenvalue weighted by Crippen LogP contribution is 2.47. The fourth-order valence-electron chi connectivity index (χ4n) is 2.56. The number of rotatable bonds is 4. The van der Waals surface area contributed by atoms with E-state index in [4.69, 9.17) is 0 Å². The maximum Gasteiger partial charge on any atom is 0.123 e. The van der Waals surface area contributed by atoms with Crippen molar-refractivity contribution < 1.29 is 4.39 Å². The highest BCUT2D eigenvalue weighted by atomic mass is 19.1. The van der Waals surface area contributed by atoms with Crippen LogP contribution in [0.3, 0.4) is 0 Å². The Bertz CT molecular complexity index is 376. The lowest BCUT2D eigenvalue weighted by molar-refractivity contribution is 0.407. The van der Waals surface area contributed by atoms with Gasteiger partial charge in [-0.15, -0.1) is 0 Å². The smallest absolute Gasteiger partial charge is 0.123 e. The summed E-state index contributed by atoms with van der Waals surface area (Å²) in [7, 11) is 0. The first-order valence-corrected chi connectivity index (χ1v) is 6.23. The summed E-state index contributed by atoms with van der Waals surface area (Å²) in [4.78, 5) is 0. The summed E-state index contributed by atoms with van der Waals surface area (Å²) >= 11 is 0. The monoisotopic (exact) mass is 219 g/mol. The van der Waals surface area contributed by atoms with Crippen LogP contribution in [0.25, 0.3) is 0 Å². The minimum absolute atomic E-state index is 0.144. The summed E-state index contributed by atoms with van der Waals surface area (Å²) in [5.41, 5.74) is 1.41. The molecule has 1 nitrogen and oxygen atoms in total. The molecule has 1 aromatic carbocycles. The Hall–Kier alpha value is -0.890. The van der Waals surface area contributed by atoms with Gasteiger partial charge in [-0.05, 0) is 56.2 Å². The molecule has 2 aliphatic rings. The molecule has 0 heterocycles. The van der Waals surface area contributed by atoms with E-state index in [9.17, 15) is 4.39 Å². The molecular weight excluding hydrogens is 201 g/mol. The molecule has 0 amide bonds. The summed E-state index contributed by atoms with van der Waals surface area (Å²) in [6.45, 7) is 2.28. The van der Waals surface area contributed by atoms with Crippen LogP contribution in [0.15, 0.2) is 24.3 Å². The molecule has 2 heteroatoms. The third-order valence-electron chi connectivity index (χ3n) is 3.98. The van der Waals surface area contributed by atoms with Gasteiger partial charge in [0.2, 0.25) is 0 Å². The van der Waals surface area contributed by atoms with Crippen molar-refractivity contribution in [3.05, 3.63) is 35.6 Å². The SMILES string of the molecule is CC(NC1(c2ccc(F)cc2)CC1)C1CC1. The maximum absolute atomic E-state index is 12.9. The van der Waals surface area contributed by atoms with Crippen LogP contribution in [-0.4, -0.2) is 6.04 Å². The van der Waals surface area contributed by atoms with Gasteiger partial charge in [-0.25, -0.2) is 4.39 Å². The Morgan fingerprint density at radius 2 is 1.88 bits per heavy atom. The van der Waals surface area contributed by atoms with Gasteiger partial charge in [-0.1, -0.05) is 12.1 Å². The Labute approximate surface area is 96.1 Å². The van der Waals surface area contributed by atoms with Crippen LogP contribution in [0.4, 0.5) is 4.39 Å². The van der Waals surface area contributed by atoms with Crippen molar-refractivity contribution in [3.8, 4) is 0 Å². The number of nitrogens with one attached hydrogen (secondary N) is 1. The van der Waals surface area contributed by atoms with Gasteiger partial charge in [0.15, 0.2) is 0 Å². The van der Waals surface area contributed by atoms with Gasteiger partial charge in [-0.2, -0.15) is 0 Å². The molecule has 0 bridgehead atoms. The lowest BCUT2D eigenvalue weighted by atomic mass is 10.0. The molecule has 1 N–H and O–H groups in total. The largest absolute Gasteiger partial charge is 0.305 e. The normalized spacial score (nSPS) is 24.1. The third-order valence-corrected chi connectivity index (χ3v) is 3.98. The van der Waals surface area contributed by atoms with E-state index in [0.29, 0.717) is 6.04 Å². The van der Waals surface area contributed by atoms with Crippen LogP contribution in [0, 0.1) is 11.7 Å². The quantitative estimate of drug-likeness (QED) is 0.820. The van der Waals surface area contributed by atoms with Crippen molar-refractivity contribution in [1.82, 2.24) is 5.32 Å². The number of hydrogen-bond donors (Lipinski definition) is 1. The second-order valence-electron chi connectivity index (χ2n) is 5.36. The van der Waals surface area contributed by atoms with Crippen LogP contribution in [-0.2, 0) is 5.54 Å². The number of benzene rings is 1. The van der Waals surface area contributed by atoms with E-state index in [1.165, 1.54) is 31.2 Å². The zero-order valence-corrected chi connectivity index (χ0v) is 9.67. The predicted molar refractivity (Wildman–Crippen MR) is 62.6 cm³/mol. The van der Waals surface area contributed by atoms with Gasteiger partial charge in [-0.3, -0.25) is 0 Å². The van der Waals surface area contributed by atoms with Gasteiger partial charge in [0.25, 0.3) is 0 Å². The summed E-state index contributed by atoms with van der Waals surface area (Å²) in [5, 5.41) is 3.74. The fraction of sp³-hybridized carbons (Fsp3) is 0.571. The molecule has 2 fully saturated rings. The predicted octanol–water partition coefficient (Wildman–Crippen LogP) is 3.20. The van der Waals surface area contributed by atoms with E-state index in [1.807, 2.05) is 12.1 Å². The van der Waals surface area contributed by atoms with E-state index in [0.717, 1.165) is 5.92 Å². The summed E-state index contributed by atoms with van der Waals surface area (Å²) in [6.07, 6.45) is 5.12. The molecule has 0 saturated heterocycles. The minimum Gasteiger partial charge on any atom is -0.305 e. The van der Waals surface area contributed by atoms with Gasteiger partial charge < -0.3 is 5.32 Å². The molecule has 86 valence electrons. The molecule has 0 aromatic heterocycles. The lowest BCUT2D eigenvalue weighted by Gasteiger charge is -2.23. The molecule has 2 saturated carbocycles. The molecule has 1 aromatic rings. The highest BCUT2D eigenvalue weighted by Gasteiger charge is 2.46. The van der Waals surface area contributed by atoms with Crippen molar-refractivity contribution in [2.75, 3.05) is 0 Å². The standard InChI is InChI=1S/C14H18FN/c1-10(11-2-3-11)16-14(8-9-14)12-4-6-13(15)7-5-12/h4-7,10-11,16H,2-3,8-9H2,1H3. The Kier molecular flexibility index (Phi) is 2.28. The average Bonchev–Trinajstić information content (AvgIpc) is 3.13.